The number of benzene rings is 2. The highest BCUT2D eigenvalue weighted by molar-refractivity contribution is 6.33. The molecule has 0 aromatic heterocycles. The fourth-order valence-corrected chi connectivity index (χ4v) is 2.36. The van der Waals surface area contributed by atoms with Gasteiger partial charge in [0.05, 0.1) is 18.2 Å². The van der Waals surface area contributed by atoms with Crippen molar-refractivity contribution in [1.82, 2.24) is 0 Å². The second-order valence-corrected chi connectivity index (χ2v) is 5.57. The van der Waals surface area contributed by atoms with Gasteiger partial charge >= 0.3 is 0 Å². The Kier molecular flexibility index (Phi) is 6.19. The van der Waals surface area contributed by atoms with Crippen LogP contribution >= 0.6 is 11.6 Å². The summed E-state index contributed by atoms with van der Waals surface area (Å²) >= 11 is 6.27. The minimum Gasteiger partial charge on any atom is -0.494 e. The highest BCUT2D eigenvalue weighted by Gasteiger charge is 2.08. The Hall–Kier alpha value is -1.41. The molecule has 0 spiro atoms. The molecule has 0 amide bonds. The van der Waals surface area contributed by atoms with E-state index < -0.39 is 0 Å². The lowest BCUT2D eigenvalue weighted by molar-refractivity contribution is 0.309. The largest absolute Gasteiger partial charge is 0.494 e. The molecule has 0 radical (unpaired) electrons. The zero-order valence-electron chi connectivity index (χ0n) is 12.8. The predicted molar refractivity (Wildman–Crippen MR) is 89.8 cm³/mol. The average molecular weight is 307 g/mol. The third-order valence-corrected chi connectivity index (χ3v) is 3.70. The fourth-order valence-electron chi connectivity index (χ4n) is 2.14. The molecule has 21 heavy (non-hydrogen) atoms. The van der Waals surface area contributed by atoms with E-state index in [0.717, 1.165) is 54.6 Å². The fraction of sp³-hybridized carbons (Fsp3) is 0.444. The molecule has 0 aliphatic heterocycles. The van der Waals surface area contributed by atoms with Gasteiger partial charge in [0.15, 0.2) is 0 Å². The minimum absolute atomic E-state index is 0.665. The maximum Gasteiger partial charge on any atom is 0.145 e. The summed E-state index contributed by atoms with van der Waals surface area (Å²) in [7, 11) is 0. The predicted octanol–water partition coefficient (Wildman–Crippen LogP) is 5.85. The van der Waals surface area contributed by atoms with Crippen LogP contribution in [0.1, 0.15) is 39.5 Å². The number of ether oxygens (including phenoxy) is 2. The molecular formula is C18H23ClO2. The summed E-state index contributed by atoms with van der Waals surface area (Å²) in [6.45, 7) is 5.76. The van der Waals surface area contributed by atoms with Gasteiger partial charge in [0.1, 0.15) is 11.5 Å². The van der Waals surface area contributed by atoms with Gasteiger partial charge in [0, 0.05) is 5.39 Å². The smallest absolute Gasteiger partial charge is 0.145 e. The molecule has 114 valence electrons. The van der Waals surface area contributed by atoms with Gasteiger partial charge in [-0.1, -0.05) is 44.4 Å². The van der Waals surface area contributed by atoms with Gasteiger partial charge in [-0.05, 0) is 42.5 Å². The van der Waals surface area contributed by atoms with Gasteiger partial charge in [-0.2, -0.15) is 0 Å². The van der Waals surface area contributed by atoms with Crippen LogP contribution in [0.4, 0.5) is 0 Å². The third-order valence-electron chi connectivity index (χ3n) is 3.40. The van der Waals surface area contributed by atoms with Crippen LogP contribution < -0.4 is 9.47 Å². The molecule has 0 atom stereocenters. The minimum atomic E-state index is 0.665. The second-order valence-electron chi connectivity index (χ2n) is 5.16. The van der Waals surface area contributed by atoms with Crippen LogP contribution in [0.15, 0.2) is 30.3 Å². The monoisotopic (exact) mass is 306 g/mol. The zero-order valence-corrected chi connectivity index (χ0v) is 13.6. The Morgan fingerprint density at radius 3 is 2.33 bits per heavy atom. The van der Waals surface area contributed by atoms with E-state index in [2.05, 4.69) is 13.8 Å². The van der Waals surface area contributed by atoms with Crippen molar-refractivity contribution in [3.63, 3.8) is 0 Å². The lowest BCUT2D eigenvalue weighted by Crippen LogP contribution is -1.99. The van der Waals surface area contributed by atoms with Crippen molar-refractivity contribution < 1.29 is 9.47 Å². The SMILES string of the molecule is CCCCOc1ccc2c(OCCCC)c(Cl)ccc2c1. The van der Waals surface area contributed by atoms with E-state index in [4.69, 9.17) is 21.1 Å². The van der Waals surface area contributed by atoms with Crippen molar-refractivity contribution in [2.45, 2.75) is 39.5 Å². The number of hydrogen-bond acceptors (Lipinski definition) is 2. The van der Waals surface area contributed by atoms with Gasteiger partial charge < -0.3 is 9.47 Å². The summed E-state index contributed by atoms with van der Waals surface area (Å²) < 4.78 is 11.6. The Labute approximate surface area is 132 Å². The molecule has 0 unspecified atom stereocenters. The van der Waals surface area contributed by atoms with Crippen molar-refractivity contribution in [3.8, 4) is 11.5 Å². The molecule has 2 nitrogen and oxygen atoms in total. The molecule has 3 heteroatoms. The molecule has 0 bridgehead atoms. The number of halogens is 1. The Bertz CT molecular complexity index is 581. The Morgan fingerprint density at radius 2 is 1.62 bits per heavy atom. The first-order valence-corrected chi connectivity index (χ1v) is 8.12. The maximum absolute atomic E-state index is 6.27. The molecule has 2 rings (SSSR count). The summed E-state index contributed by atoms with van der Waals surface area (Å²) in [4.78, 5) is 0. The maximum atomic E-state index is 6.27. The molecule has 2 aromatic carbocycles. The van der Waals surface area contributed by atoms with Crippen LogP contribution in [-0.4, -0.2) is 13.2 Å². The van der Waals surface area contributed by atoms with Crippen LogP contribution in [0.25, 0.3) is 10.8 Å². The molecule has 0 aliphatic rings. The highest BCUT2D eigenvalue weighted by atomic mass is 35.5. The van der Waals surface area contributed by atoms with Crippen LogP contribution in [0.5, 0.6) is 11.5 Å². The van der Waals surface area contributed by atoms with Gasteiger partial charge in [-0.25, -0.2) is 0 Å². The first-order chi connectivity index (χ1) is 10.3. The summed E-state index contributed by atoms with van der Waals surface area (Å²) in [6, 6.07) is 9.97. The molecule has 0 fully saturated rings. The van der Waals surface area contributed by atoms with E-state index in [-0.39, 0.29) is 0 Å². The van der Waals surface area contributed by atoms with Gasteiger partial charge in [0.2, 0.25) is 0 Å². The summed E-state index contributed by atoms with van der Waals surface area (Å²) in [6.07, 6.45) is 4.35. The van der Waals surface area contributed by atoms with E-state index in [1.807, 2.05) is 30.3 Å². The topological polar surface area (TPSA) is 18.5 Å². The van der Waals surface area contributed by atoms with Crippen molar-refractivity contribution >= 4 is 22.4 Å². The van der Waals surface area contributed by atoms with Crippen LogP contribution in [-0.2, 0) is 0 Å². The van der Waals surface area contributed by atoms with E-state index >= 15 is 0 Å². The molecular weight excluding hydrogens is 284 g/mol. The Balaban J connectivity index is 2.21. The summed E-state index contributed by atoms with van der Waals surface area (Å²) in [5, 5.41) is 2.81. The van der Waals surface area contributed by atoms with Crippen molar-refractivity contribution in [1.29, 1.82) is 0 Å². The van der Waals surface area contributed by atoms with E-state index in [9.17, 15) is 0 Å². The number of hydrogen-bond donors (Lipinski definition) is 0. The zero-order chi connectivity index (χ0) is 15.1. The molecule has 0 heterocycles. The first kappa shape index (κ1) is 16.0. The number of fused-ring (bicyclic) bond motifs is 1. The number of unbranched alkanes of at least 4 members (excludes halogenated alkanes) is 2. The van der Waals surface area contributed by atoms with E-state index in [1.54, 1.807) is 0 Å². The average Bonchev–Trinajstić information content (AvgIpc) is 2.50. The molecule has 0 saturated carbocycles. The third kappa shape index (κ3) is 4.28. The van der Waals surface area contributed by atoms with Crippen molar-refractivity contribution in [2.75, 3.05) is 13.2 Å². The second kappa shape index (κ2) is 8.14. The first-order valence-electron chi connectivity index (χ1n) is 7.74. The lowest BCUT2D eigenvalue weighted by atomic mass is 10.1. The van der Waals surface area contributed by atoms with E-state index in [0.29, 0.717) is 11.6 Å². The van der Waals surface area contributed by atoms with Gasteiger partial charge in [-0.15, -0.1) is 0 Å². The van der Waals surface area contributed by atoms with Gasteiger partial charge in [0.25, 0.3) is 0 Å². The standard InChI is InChI=1S/C18H23ClO2/c1-3-5-11-20-15-8-9-16-14(13-15)7-10-17(19)18(16)21-12-6-4-2/h7-10,13H,3-6,11-12H2,1-2H3. The summed E-state index contributed by atoms with van der Waals surface area (Å²) in [5.41, 5.74) is 0. The van der Waals surface area contributed by atoms with Crippen LogP contribution in [0.2, 0.25) is 5.02 Å². The summed E-state index contributed by atoms with van der Waals surface area (Å²) in [5.74, 6) is 1.68. The van der Waals surface area contributed by atoms with E-state index in [1.165, 1.54) is 0 Å². The highest BCUT2D eigenvalue weighted by Crippen LogP contribution is 2.35. The number of rotatable bonds is 8. The molecule has 0 aliphatic carbocycles. The Morgan fingerprint density at radius 1 is 0.905 bits per heavy atom. The van der Waals surface area contributed by atoms with Gasteiger partial charge in [-0.3, -0.25) is 0 Å². The quantitative estimate of drug-likeness (QED) is 0.569. The lowest BCUT2D eigenvalue weighted by Gasteiger charge is -2.12. The molecule has 2 aromatic rings. The van der Waals surface area contributed by atoms with Crippen LogP contribution in [0.3, 0.4) is 0 Å². The van der Waals surface area contributed by atoms with Crippen molar-refractivity contribution in [3.05, 3.63) is 35.4 Å². The van der Waals surface area contributed by atoms with Crippen molar-refractivity contribution in [2.24, 2.45) is 0 Å². The normalized spacial score (nSPS) is 10.8. The molecule has 0 N–H and O–H groups in total. The molecule has 0 saturated heterocycles. The van der Waals surface area contributed by atoms with Crippen LogP contribution in [0, 0.1) is 0 Å².